The summed E-state index contributed by atoms with van der Waals surface area (Å²) in [5, 5.41) is 5.30. The lowest BCUT2D eigenvalue weighted by Gasteiger charge is -2.35. The third-order valence-electron chi connectivity index (χ3n) is 16.9. The van der Waals surface area contributed by atoms with Crippen molar-refractivity contribution in [2.75, 3.05) is 0 Å². The van der Waals surface area contributed by atoms with E-state index in [-0.39, 0.29) is 39.2 Å². The molecule has 378 valence electrons. The van der Waals surface area contributed by atoms with E-state index < -0.39 is 0 Å². The van der Waals surface area contributed by atoms with Gasteiger partial charge in [0.05, 0.1) is 16.7 Å². The number of aromatic nitrogens is 4. The van der Waals surface area contributed by atoms with Gasteiger partial charge in [-0.25, -0.2) is 9.97 Å². The standard InChI is InChI=1S/C70H75BN4/c1-65(2,3)45-23-19-40(20-24-45)42-29-49-60-51(69(13,14)15)35-47(67(7,8)9)37-56(60)74-58-33-44(55-27-28-72-39-73-55)34-59-62(58)71(53(31-42)63(49)74)54-32-43(41-21-25-46(26-22-41)66(4,5)6)30-50-61-52(70(16,17)18)36-48(68(10,11)12)38-57(61)75(59)64(50)54/h19-39H,1-18H3. The lowest BCUT2D eigenvalue weighted by Crippen LogP contribution is -2.59. The van der Waals surface area contributed by atoms with Gasteiger partial charge in [-0.3, -0.25) is 0 Å². The van der Waals surface area contributed by atoms with E-state index in [1.807, 2.05) is 6.20 Å². The summed E-state index contributed by atoms with van der Waals surface area (Å²) in [5.41, 5.74) is 26.3. The summed E-state index contributed by atoms with van der Waals surface area (Å²) in [4.78, 5) is 9.41. The second-order valence-corrected chi connectivity index (χ2v) is 28.5. The van der Waals surface area contributed by atoms with Gasteiger partial charge in [-0.1, -0.05) is 197 Å². The lowest BCUT2D eigenvalue weighted by atomic mass is 9.34. The van der Waals surface area contributed by atoms with Gasteiger partial charge in [0, 0.05) is 55.7 Å². The summed E-state index contributed by atoms with van der Waals surface area (Å²) in [7, 11) is 0. The van der Waals surface area contributed by atoms with Crippen molar-refractivity contribution in [1.29, 1.82) is 0 Å². The Morgan fingerprint density at radius 3 is 1.12 bits per heavy atom. The molecule has 5 heterocycles. The van der Waals surface area contributed by atoms with Crippen LogP contribution in [0.2, 0.25) is 0 Å². The third-order valence-corrected chi connectivity index (χ3v) is 16.9. The van der Waals surface area contributed by atoms with Gasteiger partial charge in [-0.15, -0.1) is 0 Å². The first kappa shape index (κ1) is 49.2. The highest BCUT2D eigenvalue weighted by Gasteiger charge is 2.43. The summed E-state index contributed by atoms with van der Waals surface area (Å²) < 4.78 is 5.36. The quantitative estimate of drug-likeness (QED) is 0.165. The molecule has 0 radical (unpaired) electrons. The molecule has 0 spiro atoms. The van der Waals surface area contributed by atoms with E-state index in [0.717, 1.165) is 11.3 Å². The molecule has 3 aromatic heterocycles. The smallest absolute Gasteiger partial charge is 0.252 e. The van der Waals surface area contributed by atoms with Gasteiger partial charge < -0.3 is 9.13 Å². The molecule has 0 saturated heterocycles. The Morgan fingerprint density at radius 1 is 0.373 bits per heavy atom. The van der Waals surface area contributed by atoms with E-state index >= 15 is 0 Å². The van der Waals surface area contributed by atoms with Gasteiger partial charge in [0.1, 0.15) is 6.33 Å². The van der Waals surface area contributed by atoms with Crippen LogP contribution < -0.4 is 16.4 Å². The molecule has 4 nitrogen and oxygen atoms in total. The minimum atomic E-state index is -0.142. The van der Waals surface area contributed by atoms with Crippen molar-refractivity contribution >= 4 is 66.7 Å². The Kier molecular flexibility index (Phi) is 10.4. The van der Waals surface area contributed by atoms with Crippen LogP contribution in [0.15, 0.2) is 128 Å². The zero-order valence-electron chi connectivity index (χ0n) is 48.0. The summed E-state index contributed by atoms with van der Waals surface area (Å²) in [6.45, 7) is 42.3. The van der Waals surface area contributed by atoms with Gasteiger partial charge in [-0.2, -0.15) is 0 Å². The fraction of sp³-hybridized carbons (Fsp3) is 0.343. The van der Waals surface area contributed by atoms with Gasteiger partial charge in [0.25, 0.3) is 6.71 Å². The Hall–Kier alpha value is -6.72. The summed E-state index contributed by atoms with van der Waals surface area (Å²) in [6.07, 6.45) is 3.58. The minimum absolute atomic E-state index is 0.0452. The Balaban J connectivity index is 1.33. The molecule has 0 amide bonds. The van der Waals surface area contributed by atoms with E-state index in [4.69, 9.17) is 4.98 Å². The van der Waals surface area contributed by atoms with Gasteiger partial charge >= 0.3 is 0 Å². The van der Waals surface area contributed by atoms with E-state index in [1.165, 1.54) is 127 Å². The molecule has 12 rings (SSSR count). The van der Waals surface area contributed by atoms with Crippen LogP contribution in [0.3, 0.4) is 0 Å². The lowest BCUT2D eigenvalue weighted by molar-refractivity contribution is 0.572. The number of hydrogen-bond donors (Lipinski definition) is 0. The molecule has 0 N–H and O–H groups in total. The molecule has 0 aliphatic carbocycles. The first-order chi connectivity index (χ1) is 35.0. The van der Waals surface area contributed by atoms with Crippen molar-refractivity contribution in [2.45, 2.75) is 157 Å². The average Bonchev–Trinajstić information content (AvgIpc) is 4.00. The van der Waals surface area contributed by atoms with Crippen LogP contribution in [-0.2, 0) is 32.5 Å². The average molecular weight is 983 g/mol. The summed E-state index contributed by atoms with van der Waals surface area (Å²) >= 11 is 0. The molecule has 7 aromatic carbocycles. The maximum atomic E-state index is 4.99. The molecule has 5 heteroatoms. The summed E-state index contributed by atoms with van der Waals surface area (Å²) in [5.74, 6) is 0. The van der Waals surface area contributed by atoms with Gasteiger partial charge in [-0.05, 0) is 147 Å². The maximum Gasteiger partial charge on any atom is 0.252 e. The van der Waals surface area contributed by atoms with Crippen molar-refractivity contribution in [3.8, 4) is 44.9 Å². The van der Waals surface area contributed by atoms with Crippen molar-refractivity contribution in [2.24, 2.45) is 0 Å². The SMILES string of the molecule is CC(C)(C)c1ccc(-c2cc3c4c(c2)c2c(C(C)(C)C)cc(C(C)(C)C)cc2n4-c2cc(-c4ccncn4)cc4c2B3c2cc(-c3ccc(C(C)(C)C)cc3)cc3c5c(C(C)(C)C)cc(C(C)(C)C)cc5n-4c23)cc1. The van der Waals surface area contributed by atoms with Crippen LogP contribution in [-0.4, -0.2) is 25.8 Å². The molecule has 0 bridgehead atoms. The van der Waals surface area contributed by atoms with Crippen LogP contribution in [0.1, 0.15) is 158 Å². The van der Waals surface area contributed by atoms with E-state index in [9.17, 15) is 0 Å². The van der Waals surface area contributed by atoms with Crippen LogP contribution in [0.4, 0.5) is 0 Å². The molecule has 0 unspecified atom stereocenters. The molecule has 0 atom stereocenters. The predicted octanol–water partition coefficient (Wildman–Crippen LogP) is 16.6. The van der Waals surface area contributed by atoms with E-state index in [1.54, 1.807) is 6.33 Å². The number of hydrogen-bond acceptors (Lipinski definition) is 2. The highest BCUT2D eigenvalue weighted by Crippen LogP contribution is 2.48. The first-order valence-electron chi connectivity index (χ1n) is 27.5. The van der Waals surface area contributed by atoms with Crippen LogP contribution in [0.5, 0.6) is 0 Å². The van der Waals surface area contributed by atoms with Crippen molar-refractivity contribution < 1.29 is 0 Å². The monoisotopic (exact) mass is 983 g/mol. The Labute approximate surface area is 446 Å². The Bertz CT molecular complexity index is 3770. The molecule has 2 aliphatic heterocycles. The van der Waals surface area contributed by atoms with Crippen LogP contribution in [0.25, 0.3) is 88.5 Å². The second-order valence-electron chi connectivity index (χ2n) is 28.5. The maximum absolute atomic E-state index is 4.99. The molecule has 0 fully saturated rings. The fourth-order valence-electron chi connectivity index (χ4n) is 12.6. The van der Waals surface area contributed by atoms with Crippen molar-refractivity contribution in [1.82, 2.24) is 19.1 Å². The topological polar surface area (TPSA) is 35.6 Å². The largest absolute Gasteiger partial charge is 0.310 e. The third kappa shape index (κ3) is 7.68. The summed E-state index contributed by atoms with van der Waals surface area (Å²) in [6, 6.07) is 46.2. The highest BCUT2D eigenvalue weighted by molar-refractivity contribution is 7.00. The van der Waals surface area contributed by atoms with Gasteiger partial charge in [0.15, 0.2) is 0 Å². The molecular formula is C70H75BN4. The second kappa shape index (κ2) is 15.9. The zero-order valence-corrected chi connectivity index (χ0v) is 48.0. The minimum Gasteiger partial charge on any atom is -0.310 e. The van der Waals surface area contributed by atoms with E-state index in [2.05, 4.69) is 254 Å². The van der Waals surface area contributed by atoms with Crippen LogP contribution >= 0.6 is 0 Å². The number of benzene rings is 7. The molecule has 75 heavy (non-hydrogen) atoms. The van der Waals surface area contributed by atoms with Crippen molar-refractivity contribution in [3.63, 3.8) is 0 Å². The zero-order chi connectivity index (χ0) is 53.4. The molecule has 2 aliphatic rings. The number of fused-ring (bicyclic) bond motifs is 10. The van der Waals surface area contributed by atoms with Crippen molar-refractivity contribution in [3.05, 3.63) is 161 Å². The fourth-order valence-corrected chi connectivity index (χ4v) is 12.6. The Morgan fingerprint density at radius 2 is 0.773 bits per heavy atom. The molecule has 10 aromatic rings. The number of nitrogens with zero attached hydrogens (tertiary/aromatic N) is 4. The highest BCUT2D eigenvalue weighted by atomic mass is 15.0. The number of rotatable bonds is 3. The molecular weight excluding hydrogens is 908 g/mol. The van der Waals surface area contributed by atoms with Gasteiger partial charge in [0.2, 0.25) is 0 Å². The first-order valence-corrected chi connectivity index (χ1v) is 27.5. The predicted molar refractivity (Wildman–Crippen MR) is 324 cm³/mol. The van der Waals surface area contributed by atoms with E-state index in [0.29, 0.717) is 0 Å². The normalized spacial score (nSPS) is 14.0. The molecule has 0 saturated carbocycles. The van der Waals surface area contributed by atoms with Crippen LogP contribution in [0, 0.1) is 0 Å².